The van der Waals surface area contributed by atoms with Crippen LogP contribution in [0.15, 0.2) is 23.8 Å². The monoisotopic (exact) mass is 295 g/mol. The number of carbonyl (C=O) groups excluding carboxylic acids is 1. The maximum Gasteiger partial charge on any atom is 0.255 e. The van der Waals surface area contributed by atoms with Crippen molar-refractivity contribution in [2.24, 2.45) is 0 Å². The summed E-state index contributed by atoms with van der Waals surface area (Å²) in [5.41, 5.74) is 0.608. The molecule has 1 N–H and O–H groups in total. The number of hydrogen-bond donors (Lipinski definition) is 1. The SMILES string of the molecule is Cc1cc(Cl)c(C(=O)NC(C)(C)c2nccs2)cn1. The molecule has 2 aromatic rings. The maximum absolute atomic E-state index is 12.2. The van der Waals surface area contributed by atoms with Gasteiger partial charge in [0, 0.05) is 23.5 Å². The molecule has 0 saturated heterocycles. The van der Waals surface area contributed by atoms with Gasteiger partial charge in [-0.25, -0.2) is 4.98 Å². The van der Waals surface area contributed by atoms with Crippen LogP contribution in [0.4, 0.5) is 0 Å². The first-order valence-corrected chi connectivity index (χ1v) is 7.00. The molecule has 0 unspecified atom stereocenters. The zero-order chi connectivity index (χ0) is 14.0. The molecule has 4 nitrogen and oxygen atoms in total. The molecule has 0 aromatic carbocycles. The van der Waals surface area contributed by atoms with Crippen molar-refractivity contribution in [1.29, 1.82) is 0 Å². The first-order chi connectivity index (χ1) is 8.90. The predicted molar refractivity (Wildman–Crippen MR) is 76.6 cm³/mol. The summed E-state index contributed by atoms with van der Waals surface area (Å²) in [6, 6.07) is 1.67. The highest BCUT2D eigenvalue weighted by atomic mass is 35.5. The lowest BCUT2D eigenvalue weighted by Gasteiger charge is -2.24. The Hall–Kier alpha value is -1.46. The van der Waals surface area contributed by atoms with Gasteiger partial charge in [-0.3, -0.25) is 9.78 Å². The van der Waals surface area contributed by atoms with Gasteiger partial charge in [-0.15, -0.1) is 11.3 Å². The molecule has 0 fully saturated rings. The third-order valence-electron chi connectivity index (χ3n) is 2.63. The van der Waals surface area contributed by atoms with Crippen molar-refractivity contribution in [3.05, 3.63) is 45.1 Å². The standard InChI is InChI=1S/C13H14ClN3OS/c1-8-6-10(14)9(7-16-8)11(18)17-13(2,3)12-15-4-5-19-12/h4-7H,1-3H3,(H,17,18). The number of pyridine rings is 1. The van der Waals surface area contributed by atoms with Crippen LogP contribution in [0, 0.1) is 6.92 Å². The fraction of sp³-hybridized carbons (Fsp3) is 0.308. The second-order valence-electron chi connectivity index (χ2n) is 4.72. The number of hydrogen-bond acceptors (Lipinski definition) is 4. The van der Waals surface area contributed by atoms with Crippen molar-refractivity contribution in [2.75, 3.05) is 0 Å². The van der Waals surface area contributed by atoms with Crippen LogP contribution >= 0.6 is 22.9 Å². The largest absolute Gasteiger partial charge is 0.341 e. The van der Waals surface area contributed by atoms with Crippen LogP contribution in [0.1, 0.15) is 34.9 Å². The topological polar surface area (TPSA) is 54.9 Å². The van der Waals surface area contributed by atoms with E-state index in [2.05, 4.69) is 15.3 Å². The first-order valence-electron chi connectivity index (χ1n) is 5.75. The van der Waals surface area contributed by atoms with Gasteiger partial charge in [-0.1, -0.05) is 11.6 Å². The van der Waals surface area contributed by atoms with E-state index in [4.69, 9.17) is 11.6 Å². The van der Waals surface area contributed by atoms with Gasteiger partial charge in [0.2, 0.25) is 0 Å². The summed E-state index contributed by atoms with van der Waals surface area (Å²) >= 11 is 7.56. The molecule has 2 aromatic heterocycles. The first kappa shape index (κ1) is 14.0. The summed E-state index contributed by atoms with van der Waals surface area (Å²) in [4.78, 5) is 20.6. The lowest BCUT2D eigenvalue weighted by Crippen LogP contribution is -2.41. The Kier molecular flexibility index (Phi) is 3.87. The molecular weight excluding hydrogens is 282 g/mol. The summed E-state index contributed by atoms with van der Waals surface area (Å²) < 4.78 is 0. The van der Waals surface area contributed by atoms with E-state index in [1.807, 2.05) is 26.2 Å². The van der Waals surface area contributed by atoms with Crippen molar-refractivity contribution < 1.29 is 4.79 Å². The van der Waals surface area contributed by atoms with Crippen LogP contribution in [0.3, 0.4) is 0 Å². The number of nitrogens with zero attached hydrogens (tertiary/aromatic N) is 2. The quantitative estimate of drug-likeness (QED) is 0.946. The highest BCUT2D eigenvalue weighted by molar-refractivity contribution is 7.09. The zero-order valence-corrected chi connectivity index (χ0v) is 12.5. The molecule has 0 radical (unpaired) electrons. The van der Waals surface area contributed by atoms with Crippen molar-refractivity contribution in [3.8, 4) is 0 Å². The molecule has 19 heavy (non-hydrogen) atoms. The van der Waals surface area contributed by atoms with E-state index in [9.17, 15) is 4.79 Å². The fourth-order valence-corrected chi connectivity index (χ4v) is 2.64. The van der Waals surface area contributed by atoms with Crippen LogP contribution in [0.25, 0.3) is 0 Å². The number of amides is 1. The molecule has 0 atom stereocenters. The predicted octanol–water partition coefficient (Wildman–Crippen LogP) is 3.17. The van der Waals surface area contributed by atoms with Gasteiger partial charge in [0.1, 0.15) is 5.01 Å². The Morgan fingerprint density at radius 1 is 1.42 bits per heavy atom. The fourth-order valence-electron chi connectivity index (χ4n) is 1.63. The number of rotatable bonds is 3. The minimum atomic E-state index is -0.542. The lowest BCUT2D eigenvalue weighted by atomic mass is 10.1. The molecule has 0 aliphatic carbocycles. The molecule has 0 spiro atoms. The van der Waals surface area contributed by atoms with Gasteiger partial charge >= 0.3 is 0 Å². The normalized spacial score (nSPS) is 11.4. The Labute approximate surface area is 120 Å². The molecule has 0 saturated carbocycles. The Balaban J connectivity index is 2.21. The summed E-state index contributed by atoms with van der Waals surface area (Å²) in [5.74, 6) is -0.252. The van der Waals surface area contributed by atoms with Gasteiger partial charge in [0.25, 0.3) is 5.91 Å². The van der Waals surface area contributed by atoms with E-state index >= 15 is 0 Å². The average Bonchev–Trinajstić information content (AvgIpc) is 2.81. The van der Waals surface area contributed by atoms with Gasteiger partial charge in [-0.05, 0) is 26.8 Å². The number of thiazole rings is 1. The molecule has 2 heterocycles. The second kappa shape index (κ2) is 5.27. The van der Waals surface area contributed by atoms with Crippen LogP contribution in [-0.4, -0.2) is 15.9 Å². The van der Waals surface area contributed by atoms with Gasteiger partial charge < -0.3 is 5.32 Å². The lowest BCUT2D eigenvalue weighted by molar-refractivity contribution is 0.0911. The number of aryl methyl sites for hydroxylation is 1. The Bertz CT molecular complexity index is 596. The molecular formula is C13H14ClN3OS. The van der Waals surface area contributed by atoms with E-state index in [0.29, 0.717) is 10.6 Å². The Morgan fingerprint density at radius 2 is 2.16 bits per heavy atom. The molecule has 0 bridgehead atoms. The van der Waals surface area contributed by atoms with Crippen LogP contribution in [0.5, 0.6) is 0 Å². The van der Waals surface area contributed by atoms with E-state index in [1.165, 1.54) is 17.5 Å². The summed E-state index contributed by atoms with van der Waals surface area (Å²) in [7, 11) is 0. The molecule has 100 valence electrons. The van der Waals surface area contributed by atoms with Gasteiger partial charge in [0.15, 0.2) is 0 Å². The van der Waals surface area contributed by atoms with E-state index in [-0.39, 0.29) is 5.91 Å². The van der Waals surface area contributed by atoms with Crippen LogP contribution in [-0.2, 0) is 5.54 Å². The van der Waals surface area contributed by atoms with Gasteiger partial charge in [0.05, 0.1) is 16.1 Å². The molecule has 2 rings (SSSR count). The molecule has 6 heteroatoms. The smallest absolute Gasteiger partial charge is 0.255 e. The minimum Gasteiger partial charge on any atom is -0.341 e. The van der Waals surface area contributed by atoms with Crippen molar-refractivity contribution in [3.63, 3.8) is 0 Å². The van der Waals surface area contributed by atoms with Crippen LogP contribution < -0.4 is 5.32 Å². The molecule has 0 aliphatic heterocycles. The average molecular weight is 296 g/mol. The van der Waals surface area contributed by atoms with E-state index in [1.54, 1.807) is 12.3 Å². The second-order valence-corrected chi connectivity index (χ2v) is 6.02. The van der Waals surface area contributed by atoms with Crippen molar-refractivity contribution in [1.82, 2.24) is 15.3 Å². The highest BCUT2D eigenvalue weighted by Gasteiger charge is 2.26. The summed E-state index contributed by atoms with van der Waals surface area (Å²) in [6.07, 6.45) is 3.21. The van der Waals surface area contributed by atoms with E-state index < -0.39 is 5.54 Å². The van der Waals surface area contributed by atoms with Crippen molar-refractivity contribution in [2.45, 2.75) is 26.3 Å². The Morgan fingerprint density at radius 3 is 2.74 bits per heavy atom. The van der Waals surface area contributed by atoms with Crippen LogP contribution in [0.2, 0.25) is 5.02 Å². The van der Waals surface area contributed by atoms with Gasteiger partial charge in [-0.2, -0.15) is 0 Å². The molecule has 0 aliphatic rings. The summed E-state index contributed by atoms with van der Waals surface area (Å²) in [6.45, 7) is 5.63. The number of carbonyl (C=O) groups is 1. The summed E-state index contributed by atoms with van der Waals surface area (Å²) in [5, 5.41) is 6.05. The number of nitrogens with one attached hydrogen (secondary N) is 1. The maximum atomic E-state index is 12.2. The minimum absolute atomic E-state index is 0.252. The molecule has 1 amide bonds. The third kappa shape index (κ3) is 3.11. The number of aromatic nitrogens is 2. The number of halogens is 1. The van der Waals surface area contributed by atoms with Crippen molar-refractivity contribution >= 4 is 28.8 Å². The third-order valence-corrected chi connectivity index (χ3v) is 4.04. The van der Waals surface area contributed by atoms with E-state index in [0.717, 1.165) is 10.7 Å². The zero-order valence-electron chi connectivity index (χ0n) is 10.9. The highest BCUT2D eigenvalue weighted by Crippen LogP contribution is 2.23.